The highest BCUT2D eigenvalue weighted by molar-refractivity contribution is 5.77. The first kappa shape index (κ1) is 17.4. The van der Waals surface area contributed by atoms with Gasteiger partial charge in [-0.2, -0.15) is 0 Å². The minimum absolute atomic E-state index is 0.0886. The van der Waals surface area contributed by atoms with E-state index in [1.54, 1.807) is 0 Å². The molecule has 1 saturated carbocycles. The van der Waals surface area contributed by atoms with Crippen molar-refractivity contribution in [3.05, 3.63) is 0 Å². The summed E-state index contributed by atoms with van der Waals surface area (Å²) >= 11 is 0. The molecular formula is C15H31NO2. The largest absolute Gasteiger partial charge is 0.390 e. The summed E-state index contributed by atoms with van der Waals surface area (Å²) in [5, 5.41) is 10.2. The Labute approximate surface area is 112 Å². The quantitative estimate of drug-likeness (QED) is 0.815. The van der Waals surface area contributed by atoms with Gasteiger partial charge in [-0.05, 0) is 31.1 Å². The molecule has 0 aromatic carbocycles. The molecule has 3 N–H and O–H groups in total. The summed E-state index contributed by atoms with van der Waals surface area (Å²) in [6, 6.07) is 0. The van der Waals surface area contributed by atoms with Crippen LogP contribution < -0.4 is 5.73 Å². The SMILES string of the molecule is CCCC.CC[C@@]1(O)CC[C@H](C(N)=O)C(C)(C)C1. The van der Waals surface area contributed by atoms with E-state index in [4.69, 9.17) is 5.73 Å². The minimum Gasteiger partial charge on any atom is -0.390 e. The van der Waals surface area contributed by atoms with E-state index >= 15 is 0 Å². The molecule has 3 heteroatoms. The second kappa shape index (κ2) is 7.13. The van der Waals surface area contributed by atoms with Crippen LogP contribution in [0.15, 0.2) is 0 Å². The predicted octanol–water partition coefficient (Wildman–Crippen LogP) is 3.25. The summed E-state index contributed by atoms with van der Waals surface area (Å²) in [5.41, 5.74) is 4.59. The monoisotopic (exact) mass is 257 g/mol. The van der Waals surface area contributed by atoms with E-state index in [-0.39, 0.29) is 17.2 Å². The van der Waals surface area contributed by atoms with Gasteiger partial charge < -0.3 is 10.8 Å². The Morgan fingerprint density at radius 3 is 2.06 bits per heavy atom. The summed E-state index contributed by atoms with van der Waals surface area (Å²) in [7, 11) is 0. The van der Waals surface area contributed by atoms with Gasteiger partial charge in [-0.25, -0.2) is 0 Å². The fraction of sp³-hybridized carbons (Fsp3) is 0.933. The first-order chi connectivity index (χ1) is 8.22. The second-order valence-corrected chi connectivity index (χ2v) is 6.24. The van der Waals surface area contributed by atoms with E-state index in [9.17, 15) is 9.90 Å². The molecule has 0 spiro atoms. The Morgan fingerprint density at radius 1 is 1.28 bits per heavy atom. The van der Waals surface area contributed by atoms with E-state index in [0.717, 1.165) is 6.42 Å². The van der Waals surface area contributed by atoms with Crippen LogP contribution in [0.5, 0.6) is 0 Å². The highest BCUT2D eigenvalue weighted by atomic mass is 16.3. The number of hydrogen-bond acceptors (Lipinski definition) is 2. The molecular weight excluding hydrogens is 226 g/mol. The molecule has 3 nitrogen and oxygen atoms in total. The van der Waals surface area contributed by atoms with Crippen LogP contribution in [0.1, 0.15) is 73.1 Å². The van der Waals surface area contributed by atoms with Gasteiger partial charge in [0.25, 0.3) is 0 Å². The van der Waals surface area contributed by atoms with Crippen LogP contribution in [0.2, 0.25) is 0 Å². The highest BCUT2D eigenvalue weighted by Crippen LogP contribution is 2.46. The maximum Gasteiger partial charge on any atom is 0.221 e. The van der Waals surface area contributed by atoms with Gasteiger partial charge in [-0.1, -0.05) is 47.5 Å². The zero-order valence-corrected chi connectivity index (χ0v) is 12.8. The molecule has 108 valence electrons. The van der Waals surface area contributed by atoms with E-state index in [2.05, 4.69) is 13.8 Å². The third kappa shape index (κ3) is 4.97. The number of carbonyl (C=O) groups excluding carboxylic acids is 1. The third-order valence-corrected chi connectivity index (χ3v) is 4.13. The molecule has 1 aliphatic carbocycles. The van der Waals surface area contributed by atoms with Gasteiger partial charge in [-0.3, -0.25) is 4.79 Å². The molecule has 1 amide bonds. The summed E-state index contributed by atoms with van der Waals surface area (Å²) in [6.45, 7) is 10.4. The Bertz CT molecular complexity index is 261. The van der Waals surface area contributed by atoms with Gasteiger partial charge in [0.2, 0.25) is 5.91 Å². The molecule has 1 fully saturated rings. The third-order valence-electron chi connectivity index (χ3n) is 4.13. The second-order valence-electron chi connectivity index (χ2n) is 6.24. The van der Waals surface area contributed by atoms with E-state index in [1.807, 2.05) is 20.8 Å². The van der Waals surface area contributed by atoms with Crippen molar-refractivity contribution in [2.45, 2.75) is 78.7 Å². The Kier molecular flexibility index (Phi) is 6.90. The zero-order chi connectivity index (χ0) is 14.4. The molecule has 18 heavy (non-hydrogen) atoms. The van der Waals surface area contributed by atoms with Crippen LogP contribution >= 0.6 is 0 Å². The van der Waals surface area contributed by atoms with Gasteiger partial charge in [0.05, 0.1) is 5.60 Å². The maximum absolute atomic E-state index is 11.2. The van der Waals surface area contributed by atoms with Crippen molar-refractivity contribution in [3.63, 3.8) is 0 Å². The van der Waals surface area contributed by atoms with Crippen LogP contribution in [-0.2, 0) is 4.79 Å². The van der Waals surface area contributed by atoms with E-state index in [1.165, 1.54) is 12.8 Å². The summed E-state index contributed by atoms with van der Waals surface area (Å²) < 4.78 is 0. The molecule has 0 aromatic rings. The fourth-order valence-corrected chi connectivity index (χ4v) is 2.69. The zero-order valence-electron chi connectivity index (χ0n) is 12.8. The number of carbonyl (C=O) groups is 1. The average molecular weight is 257 g/mol. The molecule has 0 bridgehead atoms. The van der Waals surface area contributed by atoms with Crippen molar-refractivity contribution in [3.8, 4) is 0 Å². The molecule has 1 aliphatic rings. The standard InChI is InChI=1S/C11H21NO2.C4H10/c1-4-11(14)6-5-8(9(12)13)10(2,3)7-11;1-3-4-2/h8,14H,4-7H2,1-3H3,(H2,12,13);3-4H2,1-2H3/t8-,11-;/m1./s1. The number of amides is 1. The number of rotatable bonds is 3. The molecule has 0 heterocycles. The van der Waals surface area contributed by atoms with Crippen LogP contribution in [-0.4, -0.2) is 16.6 Å². The Hall–Kier alpha value is -0.570. The lowest BCUT2D eigenvalue weighted by Gasteiger charge is -2.45. The molecule has 0 unspecified atom stereocenters. The van der Waals surface area contributed by atoms with Gasteiger partial charge in [-0.15, -0.1) is 0 Å². The van der Waals surface area contributed by atoms with Crippen molar-refractivity contribution in [1.29, 1.82) is 0 Å². The van der Waals surface area contributed by atoms with Crippen LogP contribution in [0.4, 0.5) is 0 Å². The molecule has 0 radical (unpaired) electrons. The molecule has 1 rings (SSSR count). The van der Waals surface area contributed by atoms with Gasteiger partial charge in [0, 0.05) is 5.92 Å². The van der Waals surface area contributed by atoms with Crippen molar-refractivity contribution in [2.75, 3.05) is 0 Å². The van der Waals surface area contributed by atoms with Crippen molar-refractivity contribution in [2.24, 2.45) is 17.1 Å². The van der Waals surface area contributed by atoms with Crippen LogP contribution in [0, 0.1) is 11.3 Å². The van der Waals surface area contributed by atoms with Crippen LogP contribution in [0.3, 0.4) is 0 Å². The maximum atomic E-state index is 11.2. The normalized spacial score (nSPS) is 30.2. The topological polar surface area (TPSA) is 63.3 Å². The predicted molar refractivity (Wildman–Crippen MR) is 76.1 cm³/mol. The average Bonchev–Trinajstić information content (AvgIpc) is 2.27. The van der Waals surface area contributed by atoms with Crippen molar-refractivity contribution >= 4 is 5.91 Å². The van der Waals surface area contributed by atoms with E-state index in [0.29, 0.717) is 19.3 Å². The molecule has 0 saturated heterocycles. The van der Waals surface area contributed by atoms with Gasteiger partial charge in [0.1, 0.15) is 0 Å². The number of nitrogens with two attached hydrogens (primary N) is 1. The number of aliphatic hydroxyl groups is 1. The number of unbranched alkanes of at least 4 members (excludes halogenated alkanes) is 1. The van der Waals surface area contributed by atoms with Crippen molar-refractivity contribution in [1.82, 2.24) is 0 Å². The first-order valence-corrected chi connectivity index (χ1v) is 7.24. The fourth-order valence-electron chi connectivity index (χ4n) is 2.69. The van der Waals surface area contributed by atoms with Gasteiger partial charge in [0.15, 0.2) is 0 Å². The lowest BCUT2D eigenvalue weighted by molar-refractivity contribution is -0.133. The molecule has 2 atom stereocenters. The van der Waals surface area contributed by atoms with Crippen LogP contribution in [0.25, 0.3) is 0 Å². The highest BCUT2D eigenvalue weighted by Gasteiger charge is 2.45. The van der Waals surface area contributed by atoms with Gasteiger partial charge >= 0.3 is 0 Å². The molecule has 0 aromatic heterocycles. The minimum atomic E-state index is -0.588. The number of primary amides is 1. The van der Waals surface area contributed by atoms with E-state index < -0.39 is 5.60 Å². The first-order valence-electron chi connectivity index (χ1n) is 7.24. The summed E-state index contributed by atoms with van der Waals surface area (Å²) in [5.74, 6) is -0.317. The van der Waals surface area contributed by atoms with Crippen molar-refractivity contribution < 1.29 is 9.90 Å². The molecule has 0 aliphatic heterocycles. The smallest absolute Gasteiger partial charge is 0.221 e. The number of hydrogen-bond donors (Lipinski definition) is 2. The lowest BCUT2D eigenvalue weighted by atomic mass is 9.62. The Morgan fingerprint density at radius 2 is 1.78 bits per heavy atom. The Balaban J connectivity index is 0.000000631. The lowest BCUT2D eigenvalue weighted by Crippen LogP contribution is -2.47. The summed E-state index contributed by atoms with van der Waals surface area (Å²) in [6.07, 6.45) is 5.47. The summed E-state index contributed by atoms with van der Waals surface area (Å²) in [4.78, 5) is 11.2.